The monoisotopic (exact) mass is 656 g/mol. The molecule has 0 spiro atoms. The van der Waals surface area contributed by atoms with E-state index in [9.17, 15) is 19.2 Å². The number of ether oxygens (including phenoxy) is 4. The van der Waals surface area contributed by atoms with Crippen LogP contribution in [-0.2, 0) is 65.1 Å². The summed E-state index contributed by atoms with van der Waals surface area (Å²) in [6.07, 6.45) is 14.9. The highest BCUT2D eigenvalue weighted by Crippen LogP contribution is 2.30. The van der Waals surface area contributed by atoms with Gasteiger partial charge in [-0.2, -0.15) is 0 Å². The van der Waals surface area contributed by atoms with E-state index < -0.39 is 11.8 Å². The van der Waals surface area contributed by atoms with Crippen molar-refractivity contribution in [1.82, 2.24) is 19.1 Å². The van der Waals surface area contributed by atoms with E-state index in [2.05, 4.69) is 9.97 Å². The van der Waals surface area contributed by atoms with Gasteiger partial charge < -0.3 is 28.1 Å². The molecule has 2 saturated carbocycles. The van der Waals surface area contributed by atoms with Gasteiger partial charge in [-0.05, 0) is 51.4 Å². The van der Waals surface area contributed by atoms with Crippen LogP contribution >= 0.6 is 0 Å². The van der Waals surface area contributed by atoms with Crippen LogP contribution in [-0.4, -0.2) is 69.4 Å². The van der Waals surface area contributed by atoms with Crippen molar-refractivity contribution in [2.45, 2.75) is 84.5 Å². The summed E-state index contributed by atoms with van der Waals surface area (Å²) < 4.78 is 26.5. The molecule has 2 aliphatic carbocycles. The summed E-state index contributed by atoms with van der Waals surface area (Å²) >= 11 is 0. The number of aryl methyl sites for hydroxylation is 2. The molecule has 2 aromatic rings. The summed E-state index contributed by atoms with van der Waals surface area (Å²) in [5, 5.41) is 0. The van der Waals surface area contributed by atoms with Gasteiger partial charge in [0, 0.05) is 56.1 Å². The van der Waals surface area contributed by atoms with Crippen molar-refractivity contribution >= 4 is 23.9 Å². The van der Waals surface area contributed by atoms with Gasteiger partial charge >= 0.3 is 23.9 Å². The Morgan fingerprint density at radius 1 is 0.702 bits per heavy atom. The molecule has 0 aliphatic heterocycles. The van der Waals surface area contributed by atoms with Gasteiger partial charge in [0.25, 0.3) is 0 Å². The zero-order valence-corrected chi connectivity index (χ0v) is 28.4. The molecule has 12 heteroatoms. The summed E-state index contributed by atoms with van der Waals surface area (Å²) in [5.41, 5.74) is 1.88. The van der Waals surface area contributed by atoms with E-state index in [1.807, 2.05) is 37.1 Å². The predicted molar refractivity (Wildman–Crippen MR) is 172 cm³/mol. The minimum atomic E-state index is -0.471. The van der Waals surface area contributed by atoms with Crippen LogP contribution in [0.25, 0.3) is 0 Å². The van der Waals surface area contributed by atoms with Crippen LogP contribution in [0.4, 0.5) is 0 Å². The highest BCUT2D eigenvalue weighted by molar-refractivity contribution is 5.75. The zero-order valence-electron chi connectivity index (χ0n) is 28.4. The Hall–Kier alpha value is -3.70. The SMILES string of the molecule is CC[C@H](C(=O)OCCCOC(=O)[C@@H](CC)[C@H](COC(=O)C1CCC1)Cc1cncn1C)[C@H](COC(=O)C1CCC1)Cc1cncn1C. The number of hydrogen-bond donors (Lipinski definition) is 0. The largest absolute Gasteiger partial charge is 0.465 e. The zero-order chi connectivity index (χ0) is 33.8. The summed E-state index contributed by atoms with van der Waals surface area (Å²) in [7, 11) is 3.79. The average molecular weight is 657 g/mol. The van der Waals surface area contributed by atoms with Crippen molar-refractivity contribution in [3.8, 4) is 0 Å². The second kappa shape index (κ2) is 18.0. The van der Waals surface area contributed by atoms with Crippen LogP contribution in [0.5, 0.6) is 0 Å². The summed E-state index contributed by atoms with van der Waals surface area (Å²) in [5.74, 6) is -2.65. The Bertz CT molecular complexity index is 1220. The third-order valence-electron chi connectivity index (χ3n) is 9.93. The number of nitrogens with zero attached hydrogens (tertiary/aromatic N) is 4. The summed E-state index contributed by atoms with van der Waals surface area (Å²) in [6, 6.07) is 0. The molecule has 4 rings (SSSR count). The fraction of sp³-hybridized carbons (Fsp3) is 0.714. The molecule has 2 aromatic heterocycles. The number of imidazole rings is 2. The number of hydrogen-bond acceptors (Lipinski definition) is 10. The van der Waals surface area contributed by atoms with Gasteiger partial charge in [0.15, 0.2) is 0 Å². The van der Waals surface area contributed by atoms with E-state index in [-0.39, 0.29) is 74.0 Å². The summed E-state index contributed by atoms with van der Waals surface area (Å²) in [4.78, 5) is 59.8. The highest BCUT2D eigenvalue weighted by Gasteiger charge is 2.34. The highest BCUT2D eigenvalue weighted by atomic mass is 16.6. The molecule has 260 valence electrons. The lowest BCUT2D eigenvalue weighted by Gasteiger charge is -2.28. The van der Waals surface area contributed by atoms with Gasteiger partial charge in [0.05, 0.1) is 62.8 Å². The third-order valence-corrected chi connectivity index (χ3v) is 9.93. The molecule has 2 fully saturated rings. The molecule has 47 heavy (non-hydrogen) atoms. The maximum absolute atomic E-state index is 13.3. The van der Waals surface area contributed by atoms with Crippen molar-refractivity contribution in [3.05, 3.63) is 36.4 Å². The number of esters is 4. The topological polar surface area (TPSA) is 141 Å². The first-order chi connectivity index (χ1) is 22.7. The molecular formula is C35H52N4O8. The lowest BCUT2D eigenvalue weighted by molar-refractivity contribution is -0.160. The molecule has 0 saturated heterocycles. The van der Waals surface area contributed by atoms with Crippen LogP contribution in [0.2, 0.25) is 0 Å². The molecule has 2 heterocycles. The Morgan fingerprint density at radius 2 is 1.11 bits per heavy atom. The minimum Gasteiger partial charge on any atom is -0.465 e. The van der Waals surface area contributed by atoms with Gasteiger partial charge in [-0.15, -0.1) is 0 Å². The number of aromatic nitrogens is 4. The van der Waals surface area contributed by atoms with Gasteiger partial charge in [0.2, 0.25) is 0 Å². The maximum Gasteiger partial charge on any atom is 0.309 e. The van der Waals surface area contributed by atoms with Gasteiger partial charge in [-0.1, -0.05) is 26.7 Å². The first-order valence-electron chi connectivity index (χ1n) is 17.3. The first kappa shape index (κ1) is 36.1. The van der Waals surface area contributed by atoms with Crippen LogP contribution in [0, 0.1) is 35.5 Å². The van der Waals surface area contributed by atoms with E-state index in [0.29, 0.717) is 32.1 Å². The predicted octanol–water partition coefficient (Wildman–Crippen LogP) is 4.39. The van der Waals surface area contributed by atoms with Crippen molar-refractivity contribution in [2.75, 3.05) is 26.4 Å². The van der Waals surface area contributed by atoms with Crippen LogP contribution < -0.4 is 0 Å². The van der Waals surface area contributed by atoms with Crippen LogP contribution in [0.3, 0.4) is 0 Å². The lowest BCUT2D eigenvalue weighted by atomic mass is 9.85. The molecule has 0 unspecified atom stereocenters. The standard InChI is InChI=1S/C35H52N4O8/c1-5-30(26(16-28-18-36-22-38(28)3)20-46-32(40)24-10-7-11-24)34(42)44-14-9-15-45-35(43)31(6-2)27(17-29-19-37-23-39(29)4)21-47-33(41)25-12-8-13-25/h18-19,22-27,30-31H,5-17,20-21H2,1-4H3/t26-,27-,30-,31-/m0/s1. The molecule has 0 radical (unpaired) electrons. The number of carbonyl (C=O) groups excluding carboxylic acids is 4. The van der Waals surface area contributed by atoms with Crippen molar-refractivity contribution in [1.29, 1.82) is 0 Å². The van der Waals surface area contributed by atoms with Gasteiger partial charge in [-0.3, -0.25) is 19.2 Å². The second-order valence-corrected chi connectivity index (χ2v) is 13.2. The molecule has 2 aliphatic rings. The Kier molecular flexibility index (Phi) is 13.8. The van der Waals surface area contributed by atoms with E-state index in [0.717, 1.165) is 49.9 Å². The Morgan fingerprint density at radius 3 is 1.40 bits per heavy atom. The Balaban J connectivity index is 1.27. The molecular weight excluding hydrogens is 604 g/mol. The molecule has 12 nitrogen and oxygen atoms in total. The van der Waals surface area contributed by atoms with E-state index >= 15 is 0 Å². The molecule has 0 aromatic carbocycles. The minimum absolute atomic E-state index is 0.0397. The van der Waals surface area contributed by atoms with Crippen molar-refractivity contribution in [2.24, 2.45) is 49.6 Å². The number of carbonyl (C=O) groups is 4. The molecule has 0 N–H and O–H groups in total. The molecule has 0 bridgehead atoms. The van der Waals surface area contributed by atoms with Crippen LogP contribution in [0.1, 0.15) is 83.0 Å². The van der Waals surface area contributed by atoms with Crippen LogP contribution in [0.15, 0.2) is 25.0 Å². The Labute approximate surface area is 277 Å². The lowest BCUT2D eigenvalue weighted by Crippen LogP contribution is -2.34. The number of rotatable bonds is 20. The maximum atomic E-state index is 13.3. The fourth-order valence-corrected chi connectivity index (χ4v) is 6.24. The first-order valence-corrected chi connectivity index (χ1v) is 17.3. The van der Waals surface area contributed by atoms with Gasteiger partial charge in [0.1, 0.15) is 0 Å². The van der Waals surface area contributed by atoms with Crippen molar-refractivity contribution < 1.29 is 38.1 Å². The normalized spacial score (nSPS) is 17.4. The van der Waals surface area contributed by atoms with E-state index in [1.54, 1.807) is 25.0 Å². The van der Waals surface area contributed by atoms with E-state index in [4.69, 9.17) is 18.9 Å². The molecule has 0 amide bonds. The quantitative estimate of drug-likeness (QED) is 0.115. The third kappa shape index (κ3) is 10.1. The smallest absolute Gasteiger partial charge is 0.309 e. The fourth-order valence-electron chi connectivity index (χ4n) is 6.24. The summed E-state index contributed by atoms with van der Waals surface area (Å²) in [6.45, 7) is 4.32. The molecule has 4 atom stereocenters. The average Bonchev–Trinajstić information content (AvgIpc) is 3.59. The van der Waals surface area contributed by atoms with E-state index in [1.165, 1.54) is 0 Å². The van der Waals surface area contributed by atoms with Gasteiger partial charge in [-0.25, -0.2) is 9.97 Å². The van der Waals surface area contributed by atoms with Crippen molar-refractivity contribution in [3.63, 3.8) is 0 Å². The second-order valence-electron chi connectivity index (χ2n) is 13.2.